The lowest BCUT2D eigenvalue weighted by atomic mass is 10.1. The Hall–Kier alpha value is -1.50. The SMILES string of the molecule is Cc1ccc(S(C)(=O)=O)cc1C(=O)NCCSc1ccc(Cl)cc1. The summed E-state index contributed by atoms with van der Waals surface area (Å²) in [6.45, 7) is 2.26. The molecule has 0 aliphatic heterocycles. The fourth-order valence-corrected chi connectivity index (χ4v) is 3.58. The van der Waals surface area contributed by atoms with E-state index in [4.69, 9.17) is 11.6 Å². The number of halogens is 1. The van der Waals surface area contributed by atoms with Gasteiger partial charge in [-0.25, -0.2) is 8.42 Å². The first-order valence-corrected chi connectivity index (χ1v) is 10.5. The molecular weight excluding hydrogens is 366 g/mol. The molecule has 2 aromatic rings. The minimum Gasteiger partial charge on any atom is -0.351 e. The lowest BCUT2D eigenvalue weighted by molar-refractivity contribution is 0.0955. The van der Waals surface area contributed by atoms with Crippen LogP contribution in [0.4, 0.5) is 0 Å². The first-order chi connectivity index (χ1) is 11.3. The summed E-state index contributed by atoms with van der Waals surface area (Å²) in [4.78, 5) is 13.5. The maximum Gasteiger partial charge on any atom is 0.251 e. The van der Waals surface area contributed by atoms with Crippen LogP contribution in [-0.4, -0.2) is 32.9 Å². The van der Waals surface area contributed by atoms with Gasteiger partial charge in [-0.1, -0.05) is 17.7 Å². The predicted octanol–water partition coefficient (Wildman–Crippen LogP) is 3.57. The zero-order valence-corrected chi connectivity index (χ0v) is 15.8. The van der Waals surface area contributed by atoms with Crippen molar-refractivity contribution in [2.45, 2.75) is 16.7 Å². The van der Waals surface area contributed by atoms with Crippen molar-refractivity contribution in [1.29, 1.82) is 0 Å². The van der Waals surface area contributed by atoms with Gasteiger partial charge in [-0.05, 0) is 48.9 Å². The quantitative estimate of drug-likeness (QED) is 0.611. The molecule has 2 aromatic carbocycles. The lowest BCUT2D eigenvalue weighted by Crippen LogP contribution is -2.26. The number of nitrogens with one attached hydrogen (secondary N) is 1. The highest BCUT2D eigenvalue weighted by Gasteiger charge is 2.14. The number of carbonyl (C=O) groups excluding carboxylic acids is 1. The predicted molar refractivity (Wildman–Crippen MR) is 98.8 cm³/mol. The number of hydrogen-bond donors (Lipinski definition) is 1. The molecule has 1 N–H and O–H groups in total. The third kappa shape index (κ3) is 5.26. The molecule has 0 fully saturated rings. The summed E-state index contributed by atoms with van der Waals surface area (Å²) in [5.74, 6) is 0.438. The van der Waals surface area contributed by atoms with E-state index >= 15 is 0 Å². The van der Waals surface area contributed by atoms with E-state index in [2.05, 4.69) is 5.32 Å². The van der Waals surface area contributed by atoms with Gasteiger partial charge in [-0.15, -0.1) is 11.8 Å². The highest BCUT2D eigenvalue weighted by molar-refractivity contribution is 7.99. The van der Waals surface area contributed by atoms with E-state index in [-0.39, 0.29) is 10.8 Å². The standard InChI is InChI=1S/C17H18ClNO3S2/c1-12-3-8-15(24(2,21)22)11-16(12)17(20)19-9-10-23-14-6-4-13(18)5-7-14/h3-8,11H,9-10H2,1-2H3,(H,19,20). The van der Waals surface area contributed by atoms with Crippen LogP contribution in [0.5, 0.6) is 0 Å². The zero-order chi connectivity index (χ0) is 17.7. The van der Waals surface area contributed by atoms with Crippen molar-refractivity contribution in [2.75, 3.05) is 18.6 Å². The van der Waals surface area contributed by atoms with Crippen LogP contribution in [-0.2, 0) is 9.84 Å². The van der Waals surface area contributed by atoms with Crippen molar-refractivity contribution < 1.29 is 13.2 Å². The van der Waals surface area contributed by atoms with Gasteiger partial charge in [0.25, 0.3) is 5.91 Å². The number of amides is 1. The van der Waals surface area contributed by atoms with Crippen LogP contribution < -0.4 is 5.32 Å². The van der Waals surface area contributed by atoms with Crippen molar-refractivity contribution in [2.24, 2.45) is 0 Å². The Bertz CT molecular complexity index is 833. The molecule has 0 unspecified atom stereocenters. The summed E-state index contributed by atoms with van der Waals surface area (Å²) in [7, 11) is -3.34. The molecular formula is C17H18ClNO3S2. The maximum absolute atomic E-state index is 12.3. The molecule has 1 amide bonds. The van der Waals surface area contributed by atoms with Gasteiger partial charge in [0.2, 0.25) is 0 Å². The van der Waals surface area contributed by atoms with E-state index in [1.165, 1.54) is 12.1 Å². The molecule has 0 aliphatic carbocycles. The molecule has 0 saturated carbocycles. The number of carbonyl (C=O) groups is 1. The second-order valence-electron chi connectivity index (χ2n) is 5.31. The molecule has 0 aromatic heterocycles. The molecule has 128 valence electrons. The summed E-state index contributed by atoms with van der Waals surface area (Å²) in [5.41, 5.74) is 1.12. The summed E-state index contributed by atoms with van der Waals surface area (Å²) in [5, 5.41) is 3.51. The number of thioether (sulfide) groups is 1. The number of hydrogen-bond acceptors (Lipinski definition) is 4. The van der Waals surface area contributed by atoms with Crippen molar-refractivity contribution in [1.82, 2.24) is 5.32 Å². The topological polar surface area (TPSA) is 63.2 Å². The fourth-order valence-electron chi connectivity index (χ4n) is 2.04. The van der Waals surface area contributed by atoms with Gasteiger partial charge >= 0.3 is 0 Å². The van der Waals surface area contributed by atoms with Crippen LogP contribution in [0.3, 0.4) is 0 Å². The van der Waals surface area contributed by atoms with Crippen LogP contribution in [0, 0.1) is 6.92 Å². The van der Waals surface area contributed by atoms with Gasteiger partial charge in [0, 0.05) is 34.0 Å². The number of sulfone groups is 1. The first kappa shape index (κ1) is 18.8. The Morgan fingerprint density at radius 2 is 1.83 bits per heavy atom. The van der Waals surface area contributed by atoms with Gasteiger partial charge < -0.3 is 5.32 Å². The van der Waals surface area contributed by atoms with Gasteiger partial charge in [-0.2, -0.15) is 0 Å². The molecule has 4 nitrogen and oxygen atoms in total. The second-order valence-corrected chi connectivity index (χ2v) is 8.93. The van der Waals surface area contributed by atoms with Gasteiger partial charge in [0.05, 0.1) is 4.90 Å². The third-order valence-electron chi connectivity index (χ3n) is 3.35. The smallest absolute Gasteiger partial charge is 0.251 e. The monoisotopic (exact) mass is 383 g/mol. The minimum absolute atomic E-state index is 0.147. The summed E-state index contributed by atoms with van der Waals surface area (Å²) < 4.78 is 23.2. The van der Waals surface area contributed by atoms with E-state index in [0.717, 1.165) is 16.7 Å². The van der Waals surface area contributed by atoms with Crippen LogP contribution in [0.2, 0.25) is 5.02 Å². The molecule has 0 heterocycles. The number of aryl methyl sites for hydroxylation is 1. The van der Waals surface area contributed by atoms with Crippen molar-refractivity contribution in [3.05, 3.63) is 58.6 Å². The first-order valence-electron chi connectivity index (χ1n) is 7.24. The molecule has 0 saturated heterocycles. The highest BCUT2D eigenvalue weighted by atomic mass is 35.5. The van der Waals surface area contributed by atoms with Crippen LogP contribution in [0.25, 0.3) is 0 Å². The Balaban J connectivity index is 1.94. The summed E-state index contributed by atoms with van der Waals surface area (Å²) in [6, 6.07) is 12.1. The van der Waals surface area contributed by atoms with Crippen LogP contribution in [0.15, 0.2) is 52.3 Å². The molecule has 0 aliphatic rings. The van der Waals surface area contributed by atoms with E-state index in [1.807, 2.05) is 24.3 Å². The van der Waals surface area contributed by atoms with E-state index < -0.39 is 9.84 Å². The Morgan fingerprint density at radius 3 is 2.46 bits per heavy atom. The average molecular weight is 384 g/mol. The van der Waals surface area contributed by atoms with E-state index in [9.17, 15) is 13.2 Å². The minimum atomic E-state index is -3.34. The normalized spacial score (nSPS) is 11.3. The van der Waals surface area contributed by atoms with Gasteiger partial charge in [0.15, 0.2) is 9.84 Å². The third-order valence-corrected chi connectivity index (χ3v) is 5.73. The molecule has 0 spiro atoms. The summed E-state index contributed by atoms with van der Waals surface area (Å²) >= 11 is 7.44. The molecule has 2 rings (SSSR count). The summed E-state index contributed by atoms with van der Waals surface area (Å²) in [6.07, 6.45) is 1.13. The molecule has 7 heteroatoms. The molecule has 24 heavy (non-hydrogen) atoms. The molecule has 0 bridgehead atoms. The highest BCUT2D eigenvalue weighted by Crippen LogP contribution is 2.20. The van der Waals surface area contributed by atoms with E-state index in [0.29, 0.717) is 22.9 Å². The fraction of sp³-hybridized carbons (Fsp3) is 0.235. The van der Waals surface area contributed by atoms with Crippen molar-refractivity contribution in [3.63, 3.8) is 0 Å². The van der Waals surface area contributed by atoms with Gasteiger partial charge in [-0.3, -0.25) is 4.79 Å². The van der Waals surface area contributed by atoms with Crippen LogP contribution in [0.1, 0.15) is 15.9 Å². The molecule has 0 radical (unpaired) electrons. The largest absolute Gasteiger partial charge is 0.351 e. The van der Waals surface area contributed by atoms with E-state index in [1.54, 1.807) is 24.8 Å². The lowest BCUT2D eigenvalue weighted by Gasteiger charge is -2.09. The maximum atomic E-state index is 12.3. The average Bonchev–Trinajstić information content (AvgIpc) is 2.52. The zero-order valence-electron chi connectivity index (χ0n) is 13.4. The van der Waals surface area contributed by atoms with Crippen molar-refractivity contribution >= 4 is 39.1 Å². The number of rotatable bonds is 6. The second kappa shape index (κ2) is 8.05. The Kier molecular flexibility index (Phi) is 6.32. The van der Waals surface area contributed by atoms with Crippen molar-refractivity contribution in [3.8, 4) is 0 Å². The van der Waals surface area contributed by atoms with Crippen LogP contribution >= 0.6 is 23.4 Å². The van der Waals surface area contributed by atoms with Gasteiger partial charge in [0.1, 0.15) is 0 Å². The Morgan fingerprint density at radius 1 is 1.17 bits per heavy atom. The number of benzene rings is 2. The molecule has 0 atom stereocenters. The Labute approximate surface area is 151 Å².